The highest BCUT2D eigenvalue weighted by molar-refractivity contribution is 6.33. The largest absolute Gasteiger partial charge is 0.349 e. The van der Waals surface area contributed by atoms with Crippen LogP contribution in [0.3, 0.4) is 0 Å². The van der Waals surface area contributed by atoms with Gasteiger partial charge in [0.25, 0.3) is 5.91 Å². The summed E-state index contributed by atoms with van der Waals surface area (Å²) in [6.07, 6.45) is 1.16. The molecule has 3 unspecified atom stereocenters. The fourth-order valence-corrected chi connectivity index (χ4v) is 5.89. The average molecular weight is 520 g/mol. The molecule has 3 aromatic rings. The first-order chi connectivity index (χ1) is 18.0. The van der Waals surface area contributed by atoms with Gasteiger partial charge < -0.3 is 15.1 Å². The fourth-order valence-electron chi connectivity index (χ4n) is 5.64. The summed E-state index contributed by atoms with van der Waals surface area (Å²) in [4.78, 5) is 29.9. The van der Waals surface area contributed by atoms with Gasteiger partial charge in [0.05, 0.1) is 23.0 Å². The second-order valence-electron chi connectivity index (χ2n) is 10.1. The minimum Gasteiger partial charge on any atom is -0.349 e. The minimum absolute atomic E-state index is 0.0132. The molecule has 0 aliphatic carbocycles. The zero-order valence-electron chi connectivity index (χ0n) is 20.7. The zero-order chi connectivity index (χ0) is 25.8. The lowest BCUT2D eigenvalue weighted by Gasteiger charge is -2.25. The van der Waals surface area contributed by atoms with Crippen LogP contribution in [0.2, 0.25) is 5.02 Å². The van der Waals surface area contributed by atoms with E-state index in [0.29, 0.717) is 31.3 Å². The van der Waals surface area contributed by atoms with Crippen molar-refractivity contribution in [1.82, 2.24) is 15.1 Å². The fraction of sp³-hybridized carbons (Fsp3) is 0.333. The Bertz CT molecular complexity index is 1210. The van der Waals surface area contributed by atoms with Crippen molar-refractivity contribution in [2.45, 2.75) is 18.9 Å². The summed E-state index contributed by atoms with van der Waals surface area (Å²) in [5.74, 6) is -0.166. The van der Waals surface area contributed by atoms with E-state index in [2.05, 4.69) is 22.3 Å². The van der Waals surface area contributed by atoms with Crippen LogP contribution >= 0.6 is 11.6 Å². The molecule has 2 saturated heterocycles. The number of benzene rings is 3. The van der Waals surface area contributed by atoms with E-state index in [-0.39, 0.29) is 28.4 Å². The lowest BCUT2D eigenvalue weighted by Crippen LogP contribution is -2.36. The van der Waals surface area contributed by atoms with Gasteiger partial charge in [-0.2, -0.15) is 0 Å². The van der Waals surface area contributed by atoms with E-state index in [1.54, 1.807) is 11.0 Å². The van der Waals surface area contributed by atoms with Crippen molar-refractivity contribution in [2.75, 3.05) is 32.7 Å². The maximum atomic E-state index is 14.3. The predicted molar refractivity (Wildman–Crippen MR) is 143 cm³/mol. The first-order valence-corrected chi connectivity index (χ1v) is 13.2. The molecule has 2 fully saturated rings. The molecule has 2 heterocycles. The Morgan fingerprint density at radius 1 is 0.892 bits per heavy atom. The van der Waals surface area contributed by atoms with Gasteiger partial charge in [-0.25, -0.2) is 4.39 Å². The molecule has 2 aliphatic heterocycles. The quantitative estimate of drug-likeness (QED) is 0.457. The van der Waals surface area contributed by atoms with Crippen LogP contribution in [0.25, 0.3) is 0 Å². The van der Waals surface area contributed by atoms with Gasteiger partial charge in [0.2, 0.25) is 5.91 Å². The lowest BCUT2D eigenvalue weighted by atomic mass is 10.0. The molecule has 5 nitrogen and oxygen atoms in total. The number of hydrogen-bond acceptors (Lipinski definition) is 3. The van der Waals surface area contributed by atoms with E-state index in [1.165, 1.54) is 12.1 Å². The zero-order valence-corrected chi connectivity index (χ0v) is 21.4. The van der Waals surface area contributed by atoms with Crippen LogP contribution in [0, 0.1) is 17.7 Å². The van der Waals surface area contributed by atoms with Crippen molar-refractivity contribution < 1.29 is 14.0 Å². The second kappa shape index (κ2) is 11.4. The third-order valence-electron chi connectivity index (χ3n) is 7.50. The van der Waals surface area contributed by atoms with Gasteiger partial charge >= 0.3 is 0 Å². The molecule has 1 N–H and O–H groups in total. The summed E-state index contributed by atoms with van der Waals surface area (Å²) in [5, 5.41) is 3.40. The van der Waals surface area contributed by atoms with E-state index >= 15 is 0 Å². The van der Waals surface area contributed by atoms with E-state index in [1.807, 2.05) is 48.5 Å². The number of amides is 2. The Balaban J connectivity index is 1.17. The first kappa shape index (κ1) is 25.4. The maximum Gasteiger partial charge on any atom is 0.258 e. The van der Waals surface area contributed by atoms with Gasteiger partial charge in [-0.15, -0.1) is 0 Å². The highest BCUT2D eigenvalue weighted by atomic mass is 35.5. The van der Waals surface area contributed by atoms with Crippen molar-refractivity contribution in [3.63, 3.8) is 0 Å². The van der Waals surface area contributed by atoms with E-state index in [4.69, 9.17) is 11.6 Å². The third kappa shape index (κ3) is 6.03. The van der Waals surface area contributed by atoms with Crippen LogP contribution in [0.5, 0.6) is 0 Å². The monoisotopic (exact) mass is 519 g/mol. The van der Waals surface area contributed by atoms with Gasteiger partial charge in [0, 0.05) is 32.7 Å². The molecule has 7 heteroatoms. The Kier molecular flexibility index (Phi) is 7.87. The van der Waals surface area contributed by atoms with Crippen LogP contribution in [-0.4, -0.2) is 54.3 Å². The normalized spacial score (nSPS) is 20.0. The van der Waals surface area contributed by atoms with Gasteiger partial charge in [-0.1, -0.05) is 78.3 Å². The van der Waals surface area contributed by atoms with E-state index in [9.17, 15) is 14.0 Å². The lowest BCUT2D eigenvalue weighted by molar-refractivity contribution is -0.121. The smallest absolute Gasteiger partial charge is 0.258 e. The molecule has 0 spiro atoms. The second-order valence-corrected chi connectivity index (χ2v) is 10.5. The van der Waals surface area contributed by atoms with Gasteiger partial charge in [0.1, 0.15) is 5.82 Å². The molecule has 3 aromatic carbocycles. The molecule has 5 rings (SSSR count). The van der Waals surface area contributed by atoms with Crippen molar-refractivity contribution in [1.29, 1.82) is 0 Å². The molecule has 2 amide bonds. The predicted octanol–water partition coefficient (Wildman–Crippen LogP) is 4.97. The average Bonchev–Trinajstić information content (AvgIpc) is 3.47. The highest BCUT2D eigenvalue weighted by Gasteiger charge is 2.42. The molecular formula is C30H31ClFN3O2. The number of nitrogens with one attached hydrogen (secondary N) is 1. The van der Waals surface area contributed by atoms with Crippen molar-refractivity contribution in [2.24, 2.45) is 11.8 Å². The number of halogens is 2. The van der Waals surface area contributed by atoms with Crippen molar-refractivity contribution in [3.8, 4) is 0 Å². The van der Waals surface area contributed by atoms with Crippen LogP contribution in [0.15, 0.2) is 78.9 Å². The molecule has 37 heavy (non-hydrogen) atoms. The summed E-state index contributed by atoms with van der Waals surface area (Å²) in [6, 6.07) is 24.1. The molecule has 0 aromatic heterocycles. The van der Waals surface area contributed by atoms with Gasteiger partial charge in [0.15, 0.2) is 0 Å². The van der Waals surface area contributed by atoms with Crippen LogP contribution in [0.1, 0.15) is 33.9 Å². The summed E-state index contributed by atoms with van der Waals surface area (Å²) < 4.78 is 14.3. The third-order valence-corrected chi connectivity index (χ3v) is 7.82. The molecule has 3 atom stereocenters. The summed E-state index contributed by atoms with van der Waals surface area (Å²) in [7, 11) is 0. The number of nitrogens with zero attached hydrogens (tertiary/aromatic N) is 2. The topological polar surface area (TPSA) is 52.7 Å². The Hall–Kier alpha value is -3.22. The summed E-state index contributed by atoms with van der Waals surface area (Å²) >= 11 is 6.12. The Labute approximate surface area is 222 Å². The van der Waals surface area contributed by atoms with Crippen LogP contribution < -0.4 is 5.32 Å². The number of rotatable bonds is 8. The molecule has 0 radical (unpaired) electrons. The SMILES string of the molecule is O=C(Cc1ccccc1)NC(CCN1CC2CN(C(=O)c3c(F)cccc3Cl)CC2C1)c1ccccc1. The molecular weight excluding hydrogens is 489 g/mol. The summed E-state index contributed by atoms with van der Waals surface area (Å²) in [6.45, 7) is 3.85. The van der Waals surface area contributed by atoms with Crippen molar-refractivity contribution >= 4 is 23.4 Å². The number of fused-ring (bicyclic) bond motifs is 1. The molecule has 2 aliphatic rings. The van der Waals surface area contributed by atoms with Crippen LogP contribution in [0.4, 0.5) is 4.39 Å². The highest BCUT2D eigenvalue weighted by Crippen LogP contribution is 2.33. The molecule has 0 bridgehead atoms. The van der Waals surface area contributed by atoms with Gasteiger partial charge in [-0.05, 0) is 41.5 Å². The minimum atomic E-state index is -0.572. The van der Waals surface area contributed by atoms with E-state index in [0.717, 1.165) is 37.2 Å². The standard InChI is InChI=1S/C30H31ClFN3O2/c31-25-12-7-13-26(32)29(25)30(37)35-19-23-17-34(18-24(23)20-35)15-14-27(22-10-5-2-6-11-22)33-28(36)16-21-8-3-1-4-9-21/h1-13,23-24,27H,14-20H2,(H,33,36). The molecule has 192 valence electrons. The van der Waals surface area contributed by atoms with Crippen LogP contribution in [-0.2, 0) is 11.2 Å². The molecule has 0 saturated carbocycles. The first-order valence-electron chi connectivity index (χ1n) is 12.8. The number of carbonyl (C=O) groups is 2. The number of hydrogen-bond donors (Lipinski definition) is 1. The Morgan fingerprint density at radius 3 is 2.19 bits per heavy atom. The van der Waals surface area contributed by atoms with Crippen molar-refractivity contribution in [3.05, 3.63) is 106 Å². The van der Waals surface area contributed by atoms with E-state index < -0.39 is 5.82 Å². The number of likely N-dealkylation sites (tertiary alicyclic amines) is 2. The van der Waals surface area contributed by atoms with Gasteiger partial charge in [-0.3, -0.25) is 9.59 Å². The number of carbonyl (C=O) groups excluding carboxylic acids is 2. The Morgan fingerprint density at radius 2 is 1.54 bits per heavy atom. The summed E-state index contributed by atoms with van der Waals surface area (Å²) in [5.41, 5.74) is 2.06. The maximum absolute atomic E-state index is 14.3.